The van der Waals surface area contributed by atoms with Crippen molar-refractivity contribution in [2.75, 3.05) is 6.54 Å². The summed E-state index contributed by atoms with van der Waals surface area (Å²) in [6, 6.07) is 0.00233. The van der Waals surface area contributed by atoms with Crippen LogP contribution in [-0.2, 0) is 4.74 Å². The molecule has 3 N–H and O–H groups in total. The average molecular weight is 230 g/mol. The Bertz CT molecular complexity index is 208. The molecule has 0 aromatic rings. The van der Waals surface area contributed by atoms with Crippen molar-refractivity contribution in [2.24, 2.45) is 11.7 Å². The lowest BCUT2D eigenvalue weighted by molar-refractivity contribution is 0.0521. The Kier molecular flexibility index (Phi) is 6.41. The topological polar surface area (TPSA) is 64.3 Å². The molecule has 0 saturated heterocycles. The second-order valence-corrected chi connectivity index (χ2v) is 5.12. The summed E-state index contributed by atoms with van der Waals surface area (Å²) in [5.41, 5.74) is 5.53. The number of hydrogen-bond donors (Lipinski definition) is 2. The first kappa shape index (κ1) is 15.2. The number of nitrogens with one attached hydrogen (secondary N) is 1. The summed E-state index contributed by atoms with van der Waals surface area (Å²) in [6.07, 6.45) is 1.68. The fourth-order valence-electron chi connectivity index (χ4n) is 1.58. The second kappa shape index (κ2) is 6.74. The molecule has 0 rings (SSSR count). The van der Waals surface area contributed by atoms with Crippen molar-refractivity contribution >= 4 is 6.09 Å². The standard InChI is InChI=1S/C12H26N2O2/c1-6-9(7-2)10(13)8-14-11(15)16-12(3,4)5/h9-10H,6-8,13H2,1-5H3,(H,14,15). The molecule has 0 aromatic heterocycles. The molecule has 0 heterocycles. The Balaban J connectivity index is 3.92. The van der Waals surface area contributed by atoms with Crippen molar-refractivity contribution in [3.63, 3.8) is 0 Å². The van der Waals surface area contributed by atoms with E-state index in [9.17, 15) is 4.79 Å². The van der Waals surface area contributed by atoms with Crippen LogP contribution in [0.3, 0.4) is 0 Å². The van der Waals surface area contributed by atoms with E-state index < -0.39 is 11.7 Å². The summed E-state index contributed by atoms with van der Waals surface area (Å²) in [4.78, 5) is 11.4. The third kappa shape index (κ3) is 6.67. The quantitative estimate of drug-likeness (QED) is 0.761. The monoisotopic (exact) mass is 230 g/mol. The molecule has 4 nitrogen and oxygen atoms in total. The molecule has 0 saturated carbocycles. The normalized spacial score (nSPS) is 13.7. The Hall–Kier alpha value is -0.770. The molecule has 96 valence electrons. The van der Waals surface area contributed by atoms with Crippen LogP contribution in [0.2, 0.25) is 0 Å². The van der Waals surface area contributed by atoms with Gasteiger partial charge in [0.2, 0.25) is 0 Å². The lowest BCUT2D eigenvalue weighted by Crippen LogP contribution is -2.43. The molecule has 1 atom stereocenters. The SMILES string of the molecule is CCC(CC)C(N)CNC(=O)OC(C)(C)C. The van der Waals surface area contributed by atoms with Crippen LogP contribution in [0, 0.1) is 5.92 Å². The van der Waals surface area contributed by atoms with Gasteiger partial charge in [-0.15, -0.1) is 0 Å². The molecule has 16 heavy (non-hydrogen) atoms. The second-order valence-electron chi connectivity index (χ2n) is 5.12. The number of carbonyl (C=O) groups is 1. The molecule has 0 radical (unpaired) electrons. The van der Waals surface area contributed by atoms with Crippen LogP contribution in [0.15, 0.2) is 0 Å². The van der Waals surface area contributed by atoms with Crippen LogP contribution in [0.1, 0.15) is 47.5 Å². The van der Waals surface area contributed by atoms with Gasteiger partial charge in [0.15, 0.2) is 0 Å². The van der Waals surface area contributed by atoms with Crippen LogP contribution >= 0.6 is 0 Å². The van der Waals surface area contributed by atoms with Crippen molar-refractivity contribution in [3.05, 3.63) is 0 Å². The van der Waals surface area contributed by atoms with E-state index in [1.807, 2.05) is 20.8 Å². The molecule has 1 unspecified atom stereocenters. The third-order valence-electron chi connectivity index (χ3n) is 2.54. The number of hydrogen-bond acceptors (Lipinski definition) is 3. The molecule has 1 amide bonds. The molecule has 4 heteroatoms. The lowest BCUT2D eigenvalue weighted by atomic mass is 9.95. The Morgan fingerprint density at radius 1 is 1.31 bits per heavy atom. The van der Waals surface area contributed by atoms with E-state index >= 15 is 0 Å². The summed E-state index contributed by atoms with van der Waals surface area (Å²) in [7, 11) is 0. The molecule has 0 fully saturated rings. The fraction of sp³-hybridized carbons (Fsp3) is 0.917. The maximum atomic E-state index is 11.4. The first-order valence-corrected chi connectivity index (χ1v) is 6.02. The highest BCUT2D eigenvalue weighted by Crippen LogP contribution is 2.11. The van der Waals surface area contributed by atoms with Gasteiger partial charge >= 0.3 is 6.09 Å². The van der Waals surface area contributed by atoms with Crippen LogP contribution in [0.5, 0.6) is 0 Å². The van der Waals surface area contributed by atoms with E-state index in [0.29, 0.717) is 12.5 Å². The summed E-state index contributed by atoms with van der Waals surface area (Å²) in [5.74, 6) is 0.454. The highest BCUT2D eigenvalue weighted by Gasteiger charge is 2.18. The van der Waals surface area contributed by atoms with Gasteiger partial charge in [-0.25, -0.2) is 4.79 Å². The number of amides is 1. The molecule has 0 aliphatic heterocycles. The van der Waals surface area contributed by atoms with Crippen molar-refractivity contribution < 1.29 is 9.53 Å². The Labute approximate surface area is 98.9 Å². The van der Waals surface area contributed by atoms with Crippen molar-refractivity contribution in [3.8, 4) is 0 Å². The van der Waals surface area contributed by atoms with Gasteiger partial charge in [-0.1, -0.05) is 26.7 Å². The Morgan fingerprint density at radius 2 is 1.81 bits per heavy atom. The van der Waals surface area contributed by atoms with Crippen LogP contribution < -0.4 is 11.1 Å². The molecule has 0 bridgehead atoms. The highest BCUT2D eigenvalue weighted by molar-refractivity contribution is 5.67. The molecular formula is C12H26N2O2. The van der Waals surface area contributed by atoms with Gasteiger partial charge in [-0.05, 0) is 26.7 Å². The van der Waals surface area contributed by atoms with Gasteiger partial charge in [0.1, 0.15) is 5.60 Å². The van der Waals surface area contributed by atoms with E-state index in [1.54, 1.807) is 0 Å². The first-order valence-electron chi connectivity index (χ1n) is 6.02. The number of nitrogens with two attached hydrogens (primary N) is 1. The molecule has 0 spiro atoms. The highest BCUT2D eigenvalue weighted by atomic mass is 16.6. The first-order chi connectivity index (χ1) is 7.30. The number of carbonyl (C=O) groups excluding carboxylic acids is 1. The summed E-state index contributed by atoms with van der Waals surface area (Å²) >= 11 is 0. The minimum Gasteiger partial charge on any atom is -0.444 e. The average Bonchev–Trinajstić information content (AvgIpc) is 2.14. The van der Waals surface area contributed by atoms with Gasteiger partial charge in [0.25, 0.3) is 0 Å². The zero-order chi connectivity index (χ0) is 12.8. The predicted octanol–water partition coefficient (Wildman–Crippen LogP) is 2.27. The van der Waals surface area contributed by atoms with Gasteiger partial charge in [-0.3, -0.25) is 0 Å². The third-order valence-corrected chi connectivity index (χ3v) is 2.54. The number of rotatable bonds is 5. The van der Waals surface area contributed by atoms with Gasteiger partial charge in [0, 0.05) is 12.6 Å². The summed E-state index contributed by atoms with van der Waals surface area (Å²) in [6.45, 7) is 10.2. The van der Waals surface area contributed by atoms with Crippen molar-refractivity contribution in [1.29, 1.82) is 0 Å². The maximum absolute atomic E-state index is 11.4. The number of alkyl carbamates (subject to hydrolysis) is 1. The van der Waals surface area contributed by atoms with Crippen LogP contribution in [0.4, 0.5) is 4.79 Å². The van der Waals surface area contributed by atoms with E-state index in [4.69, 9.17) is 10.5 Å². The van der Waals surface area contributed by atoms with Gasteiger partial charge in [0.05, 0.1) is 0 Å². The predicted molar refractivity (Wildman–Crippen MR) is 66.3 cm³/mol. The molecule has 0 aliphatic rings. The maximum Gasteiger partial charge on any atom is 0.407 e. The lowest BCUT2D eigenvalue weighted by Gasteiger charge is -2.23. The molecule has 0 aliphatic carbocycles. The summed E-state index contributed by atoms with van der Waals surface area (Å²) < 4.78 is 5.13. The van der Waals surface area contributed by atoms with Crippen LogP contribution in [0.25, 0.3) is 0 Å². The van der Waals surface area contributed by atoms with E-state index in [0.717, 1.165) is 12.8 Å². The van der Waals surface area contributed by atoms with Crippen molar-refractivity contribution in [1.82, 2.24) is 5.32 Å². The van der Waals surface area contributed by atoms with E-state index in [-0.39, 0.29) is 6.04 Å². The molecule has 0 aromatic carbocycles. The van der Waals surface area contributed by atoms with Crippen LogP contribution in [-0.4, -0.2) is 24.3 Å². The minimum absolute atomic E-state index is 0.00233. The largest absolute Gasteiger partial charge is 0.444 e. The minimum atomic E-state index is -0.455. The van der Waals surface area contributed by atoms with Gasteiger partial charge < -0.3 is 15.8 Å². The zero-order valence-corrected chi connectivity index (χ0v) is 11.2. The fourth-order valence-corrected chi connectivity index (χ4v) is 1.58. The van der Waals surface area contributed by atoms with E-state index in [2.05, 4.69) is 19.2 Å². The molecular weight excluding hydrogens is 204 g/mol. The number of ether oxygens (including phenoxy) is 1. The smallest absolute Gasteiger partial charge is 0.407 e. The summed E-state index contributed by atoms with van der Waals surface area (Å²) in [5, 5.41) is 2.70. The van der Waals surface area contributed by atoms with Crippen molar-refractivity contribution in [2.45, 2.75) is 59.1 Å². The van der Waals surface area contributed by atoms with E-state index in [1.165, 1.54) is 0 Å². The van der Waals surface area contributed by atoms with Gasteiger partial charge in [-0.2, -0.15) is 0 Å². The Morgan fingerprint density at radius 3 is 2.19 bits per heavy atom. The zero-order valence-electron chi connectivity index (χ0n) is 11.2.